The van der Waals surface area contributed by atoms with Crippen molar-refractivity contribution in [1.29, 1.82) is 0 Å². The van der Waals surface area contributed by atoms with Crippen molar-refractivity contribution in [2.24, 2.45) is 0 Å². The fraction of sp³-hybridized carbons (Fsp3) is 0.429. The van der Waals surface area contributed by atoms with E-state index in [0.717, 1.165) is 11.3 Å². The predicted octanol–water partition coefficient (Wildman–Crippen LogP) is 2.88. The van der Waals surface area contributed by atoms with Crippen molar-refractivity contribution in [3.63, 3.8) is 0 Å². The summed E-state index contributed by atoms with van der Waals surface area (Å²) >= 11 is 6.76. The number of hydrogen-bond acceptors (Lipinski definition) is 4. The van der Waals surface area contributed by atoms with Gasteiger partial charge < -0.3 is 15.4 Å². The van der Waals surface area contributed by atoms with Crippen molar-refractivity contribution in [3.05, 3.63) is 33.7 Å². The maximum absolute atomic E-state index is 12.4. The highest BCUT2D eigenvalue weighted by Crippen LogP contribution is 2.30. The molecule has 0 aliphatic carbocycles. The van der Waals surface area contributed by atoms with Gasteiger partial charge in [0.2, 0.25) is 0 Å². The van der Waals surface area contributed by atoms with Crippen LogP contribution < -0.4 is 10.6 Å². The first-order valence-corrected chi connectivity index (χ1v) is 7.67. The van der Waals surface area contributed by atoms with Crippen LogP contribution in [0.3, 0.4) is 0 Å². The minimum atomic E-state index is -0.526. The number of esters is 1. The van der Waals surface area contributed by atoms with Gasteiger partial charge in [-0.2, -0.15) is 11.3 Å². The molecule has 2 rings (SSSR count). The second-order valence-electron chi connectivity index (χ2n) is 5.63. The molecule has 2 heterocycles. The topological polar surface area (TPSA) is 50.4 Å². The van der Waals surface area contributed by atoms with Crippen molar-refractivity contribution < 1.29 is 9.53 Å². The molecule has 1 aliphatic rings. The molecule has 0 bridgehead atoms. The molecular weight excluding hydrogens is 292 g/mol. The van der Waals surface area contributed by atoms with Crippen LogP contribution in [0.1, 0.15) is 39.3 Å². The van der Waals surface area contributed by atoms with Crippen LogP contribution in [0.2, 0.25) is 0 Å². The lowest BCUT2D eigenvalue weighted by molar-refractivity contribution is -0.150. The third-order valence-corrected chi connectivity index (χ3v) is 3.69. The summed E-state index contributed by atoms with van der Waals surface area (Å²) in [6.45, 7) is 7.41. The third kappa shape index (κ3) is 3.37. The summed E-state index contributed by atoms with van der Waals surface area (Å²) in [7, 11) is 0. The molecule has 0 amide bonds. The van der Waals surface area contributed by atoms with Gasteiger partial charge in [-0.15, -0.1) is 0 Å². The average molecular weight is 310 g/mol. The highest BCUT2D eigenvalue weighted by molar-refractivity contribution is 7.80. The van der Waals surface area contributed by atoms with E-state index in [0.29, 0.717) is 10.7 Å². The lowest BCUT2D eigenvalue weighted by Gasteiger charge is -2.31. The fourth-order valence-electron chi connectivity index (χ4n) is 1.99. The molecule has 108 valence electrons. The van der Waals surface area contributed by atoms with Gasteiger partial charge in [-0.3, -0.25) is 0 Å². The Morgan fingerprint density at radius 3 is 2.70 bits per heavy atom. The van der Waals surface area contributed by atoms with Gasteiger partial charge in [0.15, 0.2) is 5.11 Å². The van der Waals surface area contributed by atoms with Crippen LogP contribution >= 0.6 is 23.6 Å². The SMILES string of the molecule is CC1=C(C(=O)OC(C)(C)C)C(c2ccsc2)NC(=S)N1. The summed E-state index contributed by atoms with van der Waals surface area (Å²) in [5.41, 5.74) is 1.80. The number of ether oxygens (including phenoxy) is 1. The largest absolute Gasteiger partial charge is 0.456 e. The summed E-state index contributed by atoms with van der Waals surface area (Å²) in [4.78, 5) is 12.4. The Kier molecular flexibility index (Phi) is 4.15. The van der Waals surface area contributed by atoms with Crippen LogP contribution in [-0.2, 0) is 9.53 Å². The lowest BCUT2D eigenvalue weighted by atomic mass is 9.98. The van der Waals surface area contributed by atoms with Gasteiger partial charge in [-0.1, -0.05) is 0 Å². The van der Waals surface area contributed by atoms with E-state index in [9.17, 15) is 4.79 Å². The minimum absolute atomic E-state index is 0.259. The van der Waals surface area contributed by atoms with Crippen LogP contribution in [0.15, 0.2) is 28.1 Å². The van der Waals surface area contributed by atoms with E-state index in [1.165, 1.54) is 0 Å². The Balaban J connectivity index is 2.37. The predicted molar refractivity (Wildman–Crippen MR) is 84.5 cm³/mol. The molecule has 0 fully saturated rings. The molecule has 1 aromatic heterocycles. The van der Waals surface area contributed by atoms with E-state index in [4.69, 9.17) is 17.0 Å². The number of nitrogens with one attached hydrogen (secondary N) is 2. The molecule has 0 aromatic carbocycles. The van der Waals surface area contributed by atoms with Gasteiger partial charge in [0.1, 0.15) is 5.60 Å². The van der Waals surface area contributed by atoms with Gasteiger partial charge in [0.25, 0.3) is 0 Å². The first-order chi connectivity index (χ1) is 9.28. The molecule has 0 radical (unpaired) electrons. The van der Waals surface area contributed by atoms with Crippen LogP contribution in [0.25, 0.3) is 0 Å². The quantitative estimate of drug-likeness (QED) is 0.650. The van der Waals surface area contributed by atoms with Crippen LogP contribution in [-0.4, -0.2) is 16.7 Å². The zero-order valence-electron chi connectivity index (χ0n) is 11.9. The van der Waals surface area contributed by atoms with Crippen LogP contribution in [0, 0.1) is 0 Å². The molecular formula is C14H18N2O2S2. The van der Waals surface area contributed by atoms with Crippen molar-refractivity contribution >= 4 is 34.6 Å². The van der Waals surface area contributed by atoms with Gasteiger partial charge >= 0.3 is 5.97 Å². The molecule has 0 saturated heterocycles. The van der Waals surface area contributed by atoms with E-state index >= 15 is 0 Å². The van der Waals surface area contributed by atoms with E-state index < -0.39 is 5.60 Å². The third-order valence-electron chi connectivity index (χ3n) is 2.76. The summed E-state index contributed by atoms with van der Waals surface area (Å²) in [6, 6.07) is 1.72. The average Bonchev–Trinajstić information content (AvgIpc) is 2.77. The number of rotatable bonds is 2. The number of thiocarbonyl (C=S) groups is 1. The van der Waals surface area contributed by atoms with E-state index in [1.807, 2.05) is 44.5 Å². The molecule has 6 heteroatoms. The Bertz CT molecular complexity index is 556. The van der Waals surface area contributed by atoms with Crippen molar-refractivity contribution in [1.82, 2.24) is 10.6 Å². The van der Waals surface area contributed by atoms with Gasteiger partial charge in [-0.05, 0) is 62.3 Å². The van der Waals surface area contributed by atoms with E-state index in [2.05, 4.69) is 10.6 Å². The summed E-state index contributed by atoms with van der Waals surface area (Å²) < 4.78 is 5.49. The highest BCUT2D eigenvalue weighted by atomic mass is 32.1. The molecule has 1 atom stereocenters. The number of hydrogen-bond donors (Lipinski definition) is 2. The Hall–Kier alpha value is -1.40. The first-order valence-electron chi connectivity index (χ1n) is 6.31. The number of allylic oxidation sites excluding steroid dienone is 1. The van der Waals surface area contributed by atoms with Crippen molar-refractivity contribution in [2.45, 2.75) is 39.3 Å². The second-order valence-corrected chi connectivity index (χ2v) is 6.82. The smallest absolute Gasteiger partial charge is 0.338 e. The zero-order valence-corrected chi connectivity index (χ0v) is 13.6. The molecule has 1 aromatic rings. The molecule has 0 spiro atoms. The van der Waals surface area contributed by atoms with E-state index in [1.54, 1.807) is 11.3 Å². The fourth-order valence-corrected chi connectivity index (χ4v) is 2.94. The molecule has 2 N–H and O–H groups in total. The maximum atomic E-state index is 12.4. The molecule has 1 aliphatic heterocycles. The first kappa shape index (κ1) is 15.0. The molecule has 0 saturated carbocycles. The normalized spacial score (nSPS) is 19.4. The summed E-state index contributed by atoms with van der Waals surface area (Å²) in [5.74, 6) is -0.325. The Morgan fingerprint density at radius 2 is 2.15 bits per heavy atom. The van der Waals surface area contributed by atoms with Gasteiger partial charge in [0, 0.05) is 5.70 Å². The van der Waals surface area contributed by atoms with Gasteiger partial charge in [-0.25, -0.2) is 4.79 Å². The van der Waals surface area contributed by atoms with Crippen LogP contribution in [0.5, 0.6) is 0 Å². The Morgan fingerprint density at radius 1 is 1.45 bits per heavy atom. The lowest BCUT2D eigenvalue weighted by Crippen LogP contribution is -2.45. The second kappa shape index (κ2) is 5.54. The van der Waals surface area contributed by atoms with Crippen molar-refractivity contribution in [2.75, 3.05) is 0 Å². The molecule has 1 unspecified atom stereocenters. The standard InChI is InChI=1S/C14H18N2O2S2/c1-8-10(12(17)18-14(2,3)4)11(16-13(19)15-8)9-5-6-20-7-9/h5-7,11H,1-4H3,(H2,15,16,19). The van der Waals surface area contributed by atoms with Crippen molar-refractivity contribution in [3.8, 4) is 0 Å². The zero-order chi connectivity index (χ0) is 14.9. The van der Waals surface area contributed by atoms with E-state index in [-0.39, 0.29) is 12.0 Å². The van der Waals surface area contributed by atoms with Crippen LogP contribution in [0.4, 0.5) is 0 Å². The number of thiophene rings is 1. The summed E-state index contributed by atoms with van der Waals surface area (Å²) in [6.07, 6.45) is 0. The van der Waals surface area contributed by atoms with Gasteiger partial charge in [0.05, 0.1) is 11.6 Å². The highest BCUT2D eigenvalue weighted by Gasteiger charge is 2.32. The maximum Gasteiger partial charge on any atom is 0.338 e. The Labute approximate surface area is 128 Å². The number of carbonyl (C=O) groups excluding carboxylic acids is 1. The number of carbonyl (C=O) groups is 1. The summed E-state index contributed by atoms with van der Waals surface area (Å²) in [5, 5.41) is 10.6. The molecule has 4 nitrogen and oxygen atoms in total. The molecule has 20 heavy (non-hydrogen) atoms. The monoisotopic (exact) mass is 310 g/mol. The minimum Gasteiger partial charge on any atom is -0.456 e.